The number of para-hydroxylation sites is 2. The van der Waals surface area contributed by atoms with Crippen LogP contribution >= 0.6 is 28.3 Å². The Kier molecular flexibility index (Phi) is 9.20. The molecule has 5 rings (SSSR count). The molecule has 2 heterocycles. The number of methoxy groups -OCH3 is 1. The van der Waals surface area contributed by atoms with E-state index in [0.29, 0.717) is 17.1 Å². The van der Waals surface area contributed by atoms with Crippen molar-refractivity contribution in [2.24, 2.45) is 11.7 Å². The van der Waals surface area contributed by atoms with Crippen LogP contribution in [0.3, 0.4) is 0 Å². The molecule has 1 aliphatic rings. The van der Waals surface area contributed by atoms with E-state index in [0.717, 1.165) is 20.8 Å². The second-order valence-corrected chi connectivity index (χ2v) is 10.9. The number of hydrogen-bond donors (Lipinski definition) is 2. The summed E-state index contributed by atoms with van der Waals surface area (Å²) in [5, 5.41) is 4.84. The van der Waals surface area contributed by atoms with Gasteiger partial charge in [-0.05, 0) is 67.2 Å². The van der Waals surface area contributed by atoms with Gasteiger partial charge in [0.15, 0.2) is 0 Å². The number of nitrogens with two attached hydrogens (primary N) is 1. The van der Waals surface area contributed by atoms with Crippen LogP contribution in [0.1, 0.15) is 23.0 Å². The van der Waals surface area contributed by atoms with Crippen LogP contribution in [-0.2, 0) is 16.1 Å². The third-order valence-corrected chi connectivity index (χ3v) is 8.33. The van der Waals surface area contributed by atoms with Gasteiger partial charge in [0.1, 0.15) is 17.0 Å². The molecule has 2 atom stereocenters. The highest BCUT2D eigenvalue weighted by atomic mass is 79.9. The van der Waals surface area contributed by atoms with Crippen molar-refractivity contribution in [1.82, 2.24) is 10.3 Å². The molecule has 0 saturated heterocycles. The van der Waals surface area contributed by atoms with Gasteiger partial charge in [-0.3, -0.25) is 19.4 Å². The highest BCUT2D eigenvalue weighted by Crippen LogP contribution is 2.40. The lowest BCUT2D eigenvalue weighted by atomic mass is 9.83. The highest BCUT2D eigenvalue weighted by molar-refractivity contribution is 9.10. The summed E-state index contributed by atoms with van der Waals surface area (Å²) in [5.41, 5.74) is 6.46. The number of primary amides is 1. The van der Waals surface area contributed by atoms with Crippen molar-refractivity contribution in [2.75, 3.05) is 30.5 Å². The molecule has 1 unspecified atom stereocenters. The number of fused-ring (bicyclic) bond motifs is 2. The van der Waals surface area contributed by atoms with Crippen LogP contribution in [0.2, 0.25) is 0 Å². The number of rotatable bonds is 7. The summed E-state index contributed by atoms with van der Waals surface area (Å²) in [6.45, 7) is 1.62. The Morgan fingerprint density at radius 1 is 1.10 bits per heavy atom. The predicted octanol–water partition coefficient (Wildman–Crippen LogP) is 4.70. The number of ether oxygens (including phenoxy) is 1. The van der Waals surface area contributed by atoms with Crippen LogP contribution in [0.25, 0.3) is 10.8 Å². The molecule has 3 amide bonds. The number of likely N-dealkylation sites (N-methyl/N-ethyl adjacent to an activating group) is 1. The zero-order chi connectivity index (χ0) is 29.3. The minimum atomic E-state index is -1.46. The highest BCUT2D eigenvalue weighted by Gasteiger charge is 2.49. The van der Waals surface area contributed by atoms with Crippen molar-refractivity contribution in [3.05, 3.63) is 94.7 Å². The summed E-state index contributed by atoms with van der Waals surface area (Å²) in [6, 6.07) is 22.0. The van der Waals surface area contributed by atoms with Gasteiger partial charge < -0.3 is 25.6 Å². The predicted molar refractivity (Wildman–Crippen MR) is 169 cm³/mol. The summed E-state index contributed by atoms with van der Waals surface area (Å²) in [5.74, 6) is -1.88. The number of benzene rings is 3. The van der Waals surface area contributed by atoms with Crippen LogP contribution in [0.4, 0.5) is 11.4 Å². The van der Waals surface area contributed by atoms with Gasteiger partial charge >= 0.3 is 0 Å². The molecule has 0 radical (unpaired) electrons. The first-order valence-corrected chi connectivity index (χ1v) is 13.9. The second-order valence-electron chi connectivity index (χ2n) is 10.0. The van der Waals surface area contributed by atoms with Gasteiger partial charge in [-0.15, -0.1) is 12.4 Å². The van der Waals surface area contributed by atoms with Gasteiger partial charge in [-0.25, -0.2) is 0 Å². The molecule has 1 aromatic heterocycles. The first kappa shape index (κ1) is 31.0. The Balaban J connectivity index is 0.00000405. The molecule has 11 heteroatoms. The van der Waals surface area contributed by atoms with Gasteiger partial charge in [-0.1, -0.05) is 46.3 Å². The number of nitrogens with one attached hydrogen (secondary N) is 1. The van der Waals surface area contributed by atoms with Crippen molar-refractivity contribution in [3.8, 4) is 5.75 Å². The summed E-state index contributed by atoms with van der Waals surface area (Å²) < 4.78 is 6.66. The maximum absolute atomic E-state index is 14.6. The molecule has 4 aromatic rings. The lowest BCUT2D eigenvalue weighted by Crippen LogP contribution is -2.63. The molecule has 1 aliphatic heterocycles. The standard InChI is InChI=1S/C31H30BrN5O4.ClH/c1-31(34-2,30(33)40)23-18-37(29(39)24-8-6-7-15-35-24)26-10-5-4-9-25(26)36(28(23)38)17-22-21-13-12-20(32)16-19(21)11-14-27(22)41-3;/h4-16,23,34H,17-18H2,1-3H3,(H2,33,40);1H/t23-,31?;/m1./s1. The van der Waals surface area contributed by atoms with E-state index in [-0.39, 0.29) is 37.1 Å². The zero-order valence-corrected chi connectivity index (χ0v) is 25.7. The molecule has 0 saturated carbocycles. The minimum Gasteiger partial charge on any atom is -0.496 e. The van der Waals surface area contributed by atoms with Gasteiger partial charge in [0, 0.05) is 22.8 Å². The van der Waals surface area contributed by atoms with E-state index in [9.17, 15) is 14.4 Å². The van der Waals surface area contributed by atoms with E-state index in [4.69, 9.17) is 10.5 Å². The van der Waals surface area contributed by atoms with E-state index in [1.165, 1.54) is 11.1 Å². The maximum atomic E-state index is 14.6. The molecule has 0 bridgehead atoms. The topological polar surface area (TPSA) is 118 Å². The Bertz CT molecular complexity index is 1650. The molecular formula is C31H31BrClN5O4. The molecule has 42 heavy (non-hydrogen) atoms. The number of amides is 3. The van der Waals surface area contributed by atoms with E-state index in [1.54, 1.807) is 56.3 Å². The molecule has 218 valence electrons. The molecule has 3 N–H and O–H groups in total. The Labute approximate surface area is 258 Å². The third kappa shape index (κ3) is 5.45. The normalized spacial score (nSPS) is 16.2. The number of hydrogen-bond acceptors (Lipinski definition) is 6. The van der Waals surface area contributed by atoms with Crippen molar-refractivity contribution in [1.29, 1.82) is 0 Å². The van der Waals surface area contributed by atoms with Crippen molar-refractivity contribution in [2.45, 2.75) is 19.0 Å². The van der Waals surface area contributed by atoms with Crippen molar-refractivity contribution < 1.29 is 19.1 Å². The molecule has 3 aromatic carbocycles. The van der Waals surface area contributed by atoms with Crippen LogP contribution in [0.5, 0.6) is 5.75 Å². The van der Waals surface area contributed by atoms with Crippen molar-refractivity contribution >= 4 is 68.2 Å². The number of pyridine rings is 1. The average Bonchev–Trinajstić information content (AvgIpc) is 3.11. The zero-order valence-electron chi connectivity index (χ0n) is 23.3. The number of carbonyl (C=O) groups is 3. The van der Waals surface area contributed by atoms with Crippen LogP contribution < -0.4 is 25.6 Å². The smallest absolute Gasteiger partial charge is 0.276 e. The first-order chi connectivity index (χ1) is 19.7. The largest absolute Gasteiger partial charge is 0.496 e. The molecular weight excluding hydrogens is 622 g/mol. The Hall–Kier alpha value is -3.99. The molecule has 0 fully saturated rings. The van der Waals surface area contributed by atoms with E-state index < -0.39 is 23.3 Å². The van der Waals surface area contributed by atoms with Gasteiger partial charge in [0.05, 0.1) is 30.9 Å². The summed E-state index contributed by atoms with van der Waals surface area (Å²) in [4.78, 5) is 48.7. The first-order valence-electron chi connectivity index (χ1n) is 13.1. The fourth-order valence-electron chi connectivity index (χ4n) is 5.33. The lowest BCUT2D eigenvalue weighted by Gasteiger charge is -2.36. The quantitative estimate of drug-likeness (QED) is 0.299. The Morgan fingerprint density at radius 3 is 2.45 bits per heavy atom. The van der Waals surface area contributed by atoms with Gasteiger partial charge in [0.25, 0.3) is 5.91 Å². The molecule has 0 spiro atoms. The lowest BCUT2D eigenvalue weighted by molar-refractivity contribution is -0.133. The number of carbonyl (C=O) groups excluding carboxylic acids is 3. The molecule has 9 nitrogen and oxygen atoms in total. The minimum absolute atomic E-state index is 0. The number of halogens is 2. The van der Waals surface area contributed by atoms with E-state index in [1.807, 2.05) is 42.5 Å². The SMILES string of the molecule is CNC(C)(C(N)=O)[C@@H]1CN(C(=O)c2ccccn2)c2ccccc2N(Cc2c(OC)ccc3cc(Br)ccc23)C1=O.Cl. The van der Waals surface area contributed by atoms with Crippen LogP contribution in [-0.4, -0.2) is 48.9 Å². The van der Waals surface area contributed by atoms with Gasteiger partial charge in [-0.2, -0.15) is 0 Å². The average molecular weight is 653 g/mol. The van der Waals surface area contributed by atoms with Crippen LogP contribution in [0.15, 0.2) is 83.5 Å². The third-order valence-electron chi connectivity index (χ3n) is 7.84. The fraction of sp³-hybridized carbons (Fsp3) is 0.226. The number of aromatic nitrogens is 1. The van der Waals surface area contributed by atoms with Crippen molar-refractivity contribution in [3.63, 3.8) is 0 Å². The Morgan fingerprint density at radius 2 is 1.81 bits per heavy atom. The monoisotopic (exact) mass is 651 g/mol. The number of nitrogens with zero attached hydrogens (tertiary/aromatic N) is 3. The van der Waals surface area contributed by atoms with E-state index >= 15 is 0 Å². The summed E-state index contributed by atoms with van der Waals surface area (Å²) in [6.07, 6.45) is 1.54. The second kappa shape index (κ2) is 12.5. The van der Waals surface area contributed by atoms with Crippen LogP contribution in [0, 0.1) is 5.92 Å². The summed E-state index contributed by atoms with van der Waals surface area (Å²) >= 11 is 3.53. The van der Waals surface area contributed by atoms with Gasteiger partial charge in [0.2, 0.25) is 11.8 Å². The summed E-state index contributed by atoms with van der Waals surface area (Å²) in [7, 11) is 3.17. The molecule has 0 aliphatic carbocycles. The number of anilines is 2. The fourth-order valence-corrected chi connectivity index (χ4v) is 5.70. The maximum Gasteiger partial charge on any atom is 0.276 e. The van der Waals surface area contributed by atoms with E-state index in [2.05, 4.69) is 26.2 Å².